The van der Waals surface area contributed by atoms with Gasteiger partial charge < -0.3 is 0 Å². The predicted octanol–water partition coefficient (Wildman–Crippen LogP) is 4.23. The Labute approximate surface area is 113 Å². The van der Waals surface area contributed by atoms with Crippen molar-refractivity contribution in [1.82, 2.24) is 0 Å². The van der Waals surface area contributed by atoms with Crippen LogP contribution in [0.3, 0.4) is 0 Å². The topological polar surface area (TPSA) is 17.1 Å². The monoisotopic (exact) mass is 248 g/mol. The molecule has 1 unspecified atom stereocenters. The Hall–Kier alpha value is -2.15. The fraction of sp³-hybridized carbons (Fsp3) is 0.167. The molecule has 1 aliphatic rings. The van der Waals surface area contributed by atoms with Gasteiger partial charge >= 0.3 is 0 Å². The zero-order valence-corrected chi connectivity index (χ0v) is 11.0. The summed E-state index contributed by atoms with van der Waals surface area (Å²) in [6, 6.07) is 16.3. The lowest BCUT2D eigenvalue weighted by Crippen LogP contribution is -2.04. The van der Waals surface area contributed by atoms with Crippen molar-refractivity contribution in [2.75, 3.05) is 0 Å². The Balaban J connectivity index is 1.98. The third-order valence-electron chi connectivity index (χ3n) is 3.66. The predicted molar refractivity (Wildman–Crippen MR) is 79.0 cm³/mol. The first-order valence-corrected chi connectivity index (χ1v) is 6.65. The first kappa shape index (κ1) is 11.9. The van der Waals surface area contributed by atoms with Gasteiger partial charge in [0.25, 0.3) is 0 Å². The van der Waals surface area contributed by atoms with Gasteiger partial charge in [-0.1, -0.05) is 67.6 Å². The van der Waals surface area contributed by atoms with Crippen LogP contribution in [-0.2, 0) is 6.42 Å². The SMILES string of the molecule is CC1Cc2cccc(/C=C/c3ccccc3)c2C1=O. The smallest absolute Gasteiger partial charge is 0.166 e. The highest BCUT2D eigenvalue weighted by atomic mass is 16.1. The highest BCUT2D eigenvalue weighted by molar-refractivity contribution is 6.05. The fourth-order valence-electron chi connectivity index (χ4n) is 2.65. The Morgan fingerprint density at radius 2 is 1.79 bits per heavy atom. The third kappa shape index (κ3) is 2.24. The van der Waals surface area contributed by atoms with E-state index in [1.807, 2.05) is 43.3 Å². The fourth-order valence-corrected chi connectivity index (χ4v) is 2.65. The van der Waals surface area contributed by atoms with E-state index in [2.05, 4.69) is 24.3 Å². The maximum atomic E-state index is 12.2. The van der Waals surface area contributed by atoms with Crippen molar-refractivity contribution in [2.24, 2.45) is 5.92 Å². The summed E-state index contributed by atoms with van der Waals surface area (Å²) in [4.78, 5) is 12.2. The number of benzene rings is 2. The second kappa shape index (κ2) is 4.85. The number of carbonyl (C=O) groups excluding carboxylic acids is 1. The molecule has 0 aromatic heterocycles. The van der Waals surface area contributed by atoms with Crippen LogP contribution in [0.2, 0.25) is 0 Å². The number of carbonyl (C=O) groups is 1. The maximum absolute atomic E-state index is 12.2. The molecular formula is C18H16O. The molecule has 0 saturated carbocycles. The molecule has 2 aromatic rings. The summed E-state index contributed by atoms with van der Waals surface area (Å²) in [5.41, 5.74) is 4.30. The quantitative estimate of drug-likeness (QED) is 0.727. The number of ketones is 1. The highest BCUT2D eigenvalue weighted by Crippen LogP contribution is 2.30. The number of hydrogen-bond donors (Lipinski definition) is 0. The number of hydrogen-bond acceptors (Lipinski definition) is 1. The molecule has 0 amide bonds. The standard InChI is InChI=1S/C18H16O/c1-13-12-16-9-5-8-15(17(16)18(13)19)11-10-14-6-3-2-4-7-14/h2-11,13H,12H2,1H3/b11-10+. The summed E-state index contributed by atoms with van der Waals surface area (Å²) < 4.78 is 0. The van der Waals surface area contributed by atoms with Crippen LogP contribution in [-0.4, -0.2) is 5.78 Å². The molecule has 0 fully saturated rings. The first-order valence-electron chi connectivity index (χ1n) is 6.65. The largest absolute Gasteiger partial charge is 0.294 e. The van der Waals surface area contributed by atoms with E-state index in [9.17, 15) is 4.79 Å². The number of Topliss-reactive ketones (excluding diaryl/α,β-unsaturated/α-hetero) is 1. The van der Waals surface area contributed by atoms with Gasteiger partial charge in [0.2, 0.25) is 0 Å². The first-order chi connectivity index (χ1) is 9.25. The summed E-state index contributed by atoms with van der Waals surface area (Å²) >= 11 is 0. The zero-order valence-electron chi connectivity index (χ0n) is 11.0. The van der Waals surface area contributed by atoms with Crippen LogP contribution < -0.4 is 0 Å². The summed E-state index contributed by atoms with van der Waals surface area (Å²) in [7, 11) is 0. The Kier molecular flexibility index (Phi) is 3.04. The third-order valence-corrected chi connectivity index (χ3v) is 3.66. The molecule has 0 radical (unpaired) electrons. The van der Waals surface area contributed by atoms with Gasteiger partial charge in [0.05, 0.1) is 0 Å². The van der Waals surface area contributed by atoms with Crippen LogP contribution in [0.25, 0.3) is 12.2 Å². The molecule has 0 aliphatic heterocycles. The molecule has 0 bridgehead atoms. The molecule has 1 heteroatoms. The molecule has 19 heavy (non-hydrogen) atoms. The van der Waals surface area contributed by atoms with Gasteiger partial charge in [0.15, 0.2) is 5.78 Å². The average Bonchev–Trinajstić information content (AvgIpc) is 2.74. The van der Waals surface area contributed by atoms with Crippen molar-refractivity contribution in [3.05, 3.63) is 70.8 Å². The van der Waals surface area contributed by atoms with Gasteiger partial charge in [0.1, 0.15) is 0 Å². The van der Waals surface area contributed by atoms with Crippen molar-refractivity contribution in [3.63, 3.8) is 0 Å². The second-order valence-electron chi connectivity index (χ2n) is 5.09. The zero-order chi connectivity index (χ0) is 13.2. The Morgan fingerprint density at radius 1 is 1.00 bits per heavy atom. The van der Waals surface area contributed by atoms with E-state index < -0.39 is 0 Å². The van der Waals surface area contributed by atoms with Crippen molar-refractivity contribution >= 4 is 17.9 Å². The minimum atomic E-state index is 0.126. The van der Waals surface area contributed by atoms with Crippen molar-refractivity contribution < 1.29 is 4.79 Å². The lowest BCUT2D eigenvalue weighted by Gasteiger charge is -2.02. The number of fused-ring (bicyclic) bond motifs is 1. The maximum Gasteiger partial charge on any atom is 0.166 e. The van der Waals surface area contributed by atoms with Crippen LogP contribution in [0.1, 0.15) is 34.0 Å². The van der Waals surface area contributed by atoms with Crippen molar-refractivity contribution in [1.29, 1.82) is 0 Å². The second-order valence-corrected chi connectivity index (χ2v) is 5.09. The van der Waals surface area contributed by atoms with Gasteiger partial charge in [0, 0.05) is 11.5 Å². The molecule has 0 heterocycles. The molecule has 0 saturated heterocycles. The minimum Gasteiger partial charge on any atom is -0.294 e. The molecule has 2 aromatic carbocycles. The average molecular weight is 248 g/mol. The van der Waals surface area contributed by atoms with Crippen molar-refractivity contribution in [2.45, 2.75) is 13.3 Å². The Morgan fingerprint density at radius 3 is 2.58 bits per heavy atom. The van der Waals surface area contributed by atoms with E-state index in [0.29, 0.717) is 0 Å². The highest BCUT2D eigenvalue weighted by Gasteiger charge is 2.28. The van der Waals surface area contributed by atoms with Gasteiger partial charge in [-0.15, -0.1) is 0 Å². The summed E-state index contributed by atoms with van der Waals surface area (Å²) in [6.07, 6.45) is 4.98. The molecule has 1 atom stereocenters. The van der Waals surface area contributed by atoms with E-state index in [0.717, 1.165) is 23.1 Å². The van der Waals surface area contributed by atoms with Gasteiger partial charge in [-0.05, 0) is 23.1 Å². The van der Waals surface area contributed by atoms with E-state index in [1.165, 1.54) is 5.56 Å². The molecule has 94 valence electrons. The van der Waals surface area contributed by atoms with Crippen LogP contribution in [0.15, 0.2) is 48.5 Å². The molecule has 3 rings (SSSR count). The van der Waals surface area contributed by atoms with Crippen molar-refractivity contribution in [3.8, 4) is 0 Å². The Bertz CT molecular complexity index is 638. The van der Waals surface area contributed by atoms with E-state index in [-0.39, 0.29) is 11.7 Å². The molecular weight excluding hydrogens is 232 g/mol. The van der Waals surface area contributed by atoms with Gasteiger partial charge in [-0.3, -0.25) is 4.79 Å². The minimum absolute atomic E-state index is 0.126. The van der Waals surface area contributed by atoms with E-state index in [1.54, 1.807) is 0 Å². The van der Waals surface area contributed by atoms with Gasteiger partial charge in [-0.25, -0.2) is 0 Å². The van der Waals surface area contributed by atoms with Crippen LogP contribution in [0, 0.1) is 5.92 Å². The van der Waals surface area contributed by atoms with E-state index >= 15 is 0 Å². The lowest BCUT2D eigenvalue weighted by atomic mass is 10.0. The summed E-state index contributed by atoms with van der Waals surface area (Å²) in [6.45, 7) is 2.01. The molecule has 0 spiro atoms. The number of rotatable bonds is 2. The normalized spacial score (nSPS) is 17.9. The lowest BCUT2D eigenvalue weighted by molar-refractivity contribution is 0.0946. The molecule has 1 aliphatic carbocycles. The molecule has 0 N–H and O–H groups in total. The van der Waals surface area contributed by atoms with Gasteiger partial charge in [-0.2, -0.15) is 0 Å². The van der Waals surface area contributed by atoms with Crippen LogP contribution in [0.4, 0.5) is 0 Å². The van der Waals surface area contributed by atoms with E-state index in [4.69, 9.17) is 0 Å². The summed E-state index contributed by atoms with van der Waals surface area (Å²) in [5.74, 6) is 0.407. The van der Waals surface area contributed by atoms with Crippen LogP contribution in [0.5, 0.6) is 0 Å². The van der Waals surface area contributed by atoms with Crippen LogP contribution >= 0.6 is 0 Å². The molecule has 1 nitrogen and oxygen atoms in total. The summed E-state index contributed by atoms with van der Waals surface area (Å²) in [5, 5.41) is 0.